The predicted octanol–water partition coefficient (Wildman–Crippen LogP) is 1.65. The van der Waals surface area contributed by atoms with Crippen molar-refractivity contribution in [3.05, 3.63) is 17.2 Å². The van der Waals surface area contributed by atoms with Crippen molar-refractivity contribution in [3.8, 4) is 5.75 Å². The summed E-state index contributed by atoms with van der Waals surface area (Å²) in [6.45, 7) is 0. The Morgan fingerprint density at radius 1 is 1.60 bits per heavy atom. The molecule has 3 N–H and O–H groups in total. The Kier molecular flexibility index (Phi) is 3.21. The summed E-state index contributed by atoms with van der Waals surface area (Å²) in [7, 11) is -3.14. The summed E-state index contributed by atoms with van der Waals surface area (Å²) in [5.74, 6) is -0.433. The molecule has 0 bridgehead atoms. The number of benzene rings is 1. The minimum absolute atomic E-state index is 0.0337. The molecule has 0 aliphatic carbocycles. The van der Waals surface area contributed by atoms with Crippen LogP contribution in [0.1, 0.15) is 0 Å². The van der Waals surface area contributed by atoms with E-state index in [1.54, 1.807) is 0 Å². The van der Waals surface area contributed by atoms with E-state index in [1.807, 2.05) is 0 Å². The summed E-state index contributed by atoms with van der Waals surface area (Å²) in [5, 5.41) is 11.9. The van der Waals surface area contributed by atoms with Crippen molar-refractivity contribution in [1.29, 1.82) is 4.78 Å². The first kappa shape index (κ1) is 11.8. The molecule has 0 saturated carbocycles. The van der Waals surface area contributed by atoms with Gasteiger partial charge in [0.15, 0.2) is 5.75 Å². The summed E-state index contributed by atoms with van der Waals surface area (Å²) in [4.78, 5) is 10.0. The van der Waals surface area contributed by atoms with Crippen molar-refractivity contribution in [2.45, 2.75) is 4.90 Å². The van der Waals surface area contributed by atoms with Gasteiger partial charge in [0.1, 0.15) is 4.90 Å². The Hall–Kier alpha value is -1.27. The van der Waals surface area contributed by atoms with Gasteiger partial charge >= 0.3 is 0 Å². The maximum Gasteiger partial charge on any atom is 0.211 e. The van der Waals surface area contributed by atoms with Crippen molar-refractivity contribution in [2.75, 3.05) is 11.6 Å². The zero-order valence-electron chi connectivity index (χ0n) is 7.78. The average Bonchev–Trinajstić information content (AvgIpc) is 2.08. The van der Waals surface area contributed by atoms with Gasteiger partial charge in [-0.05, 0) is 12.1 Å². The first-order valence-electron chi connectivity index (χ1n) is 3.83. The standard InChI is InChI=1S/C8H9ClN2O3S/c1-15(10,14)8-5(9)2-3-6(7(8)13)11-4-12/h2-4,10,13H,1H3,(H,11,12). The van der Waals surface area contributed by atoms with Crippen LogP contribution in [0, 0.1) is 4.78 Å². The van der Waals surface area contributed by atoms with Crippen LogP contribution < -0.4 is 5.32 Å². The number of nitrogens with one attached hydrogen (secondary N) is 2. The molecule has 0 fully saturated rings. The van der Waals surface area contributed by atoms with Crippen molar-refractivity contribution in [2.24, 2.45) is 0 Å². The van der Waals surface area contributed by atoms with Crippen LogP contribution in [0.25, 0.3) is 0 Å². The molecule has 5 nitrogen and oxygen atoms in total. The fraction of sp³-hybridized carbons (Fsp3) is 0.125. The van der Waals surface area contributed by atoms with Crippen molar-refractivity contribution in [3.63, 3.8) is 0 Å². The molecule has 1 amide bonds. The number of amides is 1. The average molecular weight is 249 g/mol. The molecule has 82 valence electrons. The first-order chi connectivity index (χ1) is 6.88. The Morgan fingerprint density at radius 2 is 2.20 bits per heavy atom. The molecular weight excluding hydrogens is 240 g/mol. The molecule has 1 aromatic rings. The number of halogens is 1. The number of rotatable bonds is 3. The van der Waals surface area contributed by atoms with Gasteiger partial charge < -0.3 is 10.4 Å². The largest absolute Gasteiger partial charge is 0.504 e. The van der Waals surface area contributed by atoms with E-state index in [2.05, 4.69) is 5.32 Å². The number of aromatic hydroxyl groups is 1. The Labute approximate surface area is 92.0 Å². The van der Waals surface area contributed by atoms with Crippen molar-refractivity contribution < 1.29 is 14.1 Å². The van der Waals surface area contributed by atoms with E-state index in [9.17, 15) is 14.1 Å². The summed E-state index contributed by atoms with van der Waals surface area (Å²) >= 11 is 5.71. The van der Waals surface area contributed by atoms with E-state index >= 15 is 0 Å². The van der Waals surface area contributed by atoms with Crippen LogP contribution in [0.15, 0.2) is 17.0 Å². The van der Waals surface area contributed by atoms with Gasteiger partial charge in [0.05, 0.1) is 20.4 Å². The smallest absolute Gasteiger partial charge is 0.211 e. The lowest BCUT2D eigenvalue weighted by Gasteiger charge is -2.10. The zero-order valence-corrected chi connectivity index (χ0v) is 9.35. The minimum Gasteiger partial charge on any atom is -0.504 e. The Morgan fingerprint density at radius 3 is 2.67 bits per heavy atom. The number of phenolic OH excluding ortho intramolecular Hbond substituents is 1. The summed E-state index contributed by atoms with van der Waals surface area (Å²) in [5.41, 5.74) is 0.0752. The first-order valence-corrected chi connectivity index (χ1v) is 6.18. The van der Waals surface area contributed by atoms with Crippen LogP contribution in [-0.2, 0) is 14.5 Å². The van der Waals surface area contributed by atoms with Crippen molar-refractivity contribution >= 4 is 33.4 Å². The fourth-order valence-electron chi connectivity index (χ4n) is 1.10. The van der Waals surface area contributed by atoms with E-state index in [4.69, 9.17) is 16.4 Å². The van der Waals surface area contributed by atoms with Crippen LogP contribution in [0.4, 0.5) is 5.69 Å². The summed E-state index contributed by atoms with van der Waals surface area (Å²) in [6, 6.07) is 2.72. The molecule has 7 heteroatoms. The molecule has 1 atom stereocenters. The number of carbonyl (C=O) groups excluding carboxylic acids is 1. The number of phenols is 1. The van der Waals surface area contributed by atoms with Gasteiger partial charge in [-0.15, -0.1) is 0 Å². The van der Waals surface area contributed by atoms with Crippen molar-refractivity contribution in [1.82, 2.24) is 0 Å². The highest BCUT2D eigenvalue weighted by Gasteiger charge is 2.17. The van der Waals surface area contributed by atoms with Gasteiger partial charge in [-0.1, -0.05) is 11.6 Å². The lowest BCUT2D eigenvalue weighted by molar-refractivity contribution is -0.105. The van der Waals surface area contributed by atoms with Crippen LogP contribution >= 0.6 is 11.6 Å². The molecule has 0 saturated heterocycles. The van der Waals surface area contributed by atoms with Gasteiger partial charge in [-0.3, -0.25) is 4.79 Å². The quantitative estimate of drug-likeness (QED) is 0.561. The van der Waals surface area contributed by atoms with Gasteiger partial charge in [0, 0.05) is 6.26 Å². The predicted molar refractivity (Wildman–Crippen MR) is 57.9 cm³/mol. The third-order valence-corrected chi connectivity index (χ3v) is 3.31. The lowest BCUT2D eigenvalue weighted by atomic mass is 10.3. The third-order valence-electron chi connectivity index (χ3n) is 1.69. The van der Waals surface area contributed by atoms with Gasteiger partial charge in [0.25, 0.3) is 0 Å². The molecule has 0 spiro atoms. The van der Waals surface area contributed by atoms with E-state index < -0.39 is 15.5 Å². The second-order valence-corrected chi connectivity index (χ2v) is 5.38. The van der Waals surface area contributed by atoms with E-state index in [0.29, 0.717) is 6.41 Å². The highest BCUT2D eigenvalue weighted by Crippen LogP contribution is 2.36. The Balaban J connectivity index is 3.50. The van der Waals surface area contributed by atoms with Crippen LogP contribution in [0.3, 0.4) is 0 Å². The zero-order chi connectivity index (χ0) is 11.6. The van der Waals surface area contributed by atoms with Gasteiger partial charge in [-0.25, -0.2) is 8.99 Å². The maximum atomic E-state index is 11.5. The normalized spacial score (nSPS) is 14.3. The van der Waals surface area contributed by atoms with Gasteiger partial charge in [-0.2, -0.15) is 0 Å². The molecule has 15 heavy (non-hydrogen) atoms. The fourth-order valence-corrected chi connectivity index (χ4v) is 2.61. The molecule has 0 aliphatic heterocycles. The topological polar surface area (TPSA) is 90.3 Å². The molecule has 0 heterocycles. The molecule has 0 aromatic heterocycles. The highest BCUT2D eigenvalue weighted by atomic mass is 35.5. The number of anilines is 1. The number of carbonyl (C=O) groups is 1. The van der Waals surface area contributed by atoms with E-state index in [1.165, 1.54) is 12.1 Å². The molecule has 0 radical (unpaired) electrons. The maximum absolute atomic E-state index is 11.5. The second-order valence-electron chi connectivity index (χ2n) is 2.88. The molecular formula is C8H9ClN2O3S. The van der Waals surface area contributed by atoms with E-state index in [-0.39, 0.29) is 15.6 Å². The third kappa shape index (κ3) is 2.40. The molecule has 0 aliphatic rings. The van der Waals surface area contributed by atoms with Crippen LogP contribution in [0.5, 0.6) is 5.75 Å². The summed E-state index contributed by atoms with van der Waals surface area (Å²) < 4.78 is 18.8. The molecule has 1 aromatic carbocycles. The number of hydrogen-bond acceptors (Lipinski definition) is 4. The highest BCUT2D eigenvalue weighted by molar-refractivity contribution is 7.92. The summed E-state index contributed by atoms with van der Waals surface area (Å²) in [6.07, 6.45) is 1.51. The second kappa shape index (κ2) is 4.08. The van der Waals surface area contributed by atoms with Gasteiger partial charge in [0.2, 0.25) is 6.41 Å². The SMILES string of the molecule is CS(=N)(=O)c1c(Cl)ccc(NC=O)c1O. The molecule has 1 unspecified atom stereocenters. The van der Waals surface area contributed by atoms with Crippen LogP contribution in [-0.4, -0.2) is 22.0 Å². The molecule has 1 rings (SSSR count). The Bertz CT molecular complexity index is 499. The number of hydrogen-bond donors (Lipinski definition) is 3. The van der Waals surface area contributed by atoms with E-state index in [0.717, 1.165) is 6.26 Å². The lowest BCUT2D eigenvalue weighted by Crippen LogP contribution is -2.01. The van der Waals surface area contributed by atoms with Crippen LogP contribution in [0.2, 0.25) is 5.02 Å². The minimum atomic E-state index is -3.14. The monoisotopic (exact) mass is 248 g/mol.